The number of hydrogen-bond acceptors (Lipinski definition) is 2. The highest BCUT2D eigenvalue weighted by Gasteiger charge is 2.29. The molecule has 1 aliphatic rings. The Morgan fingerprint density at radius 3 is 2.94 bits per heavy atom. The number of nitrogens with two attached hydrogens (primary N) is 1. The first-order valence-electron chi connectivity index (χ1n) is 5.76. The molecule has 1 atom stereocenters. The monoisotopic (exact) mass is 228 g/mol. The lowest BCUT2D eigenvalue weighted by Gasteiger charge is -2.11. The molecular formula is C14H13FN2. The molecule has 0 fully saturated rings. The van der Waals surface area contributed by atoms with E-state index in [2.05, 4.69) is 11.1 Å². The molecule has 1 heterocycles. The van der Waals surface area contributed by atoms with Gasteiger partial charge in [0, 0.05) is 17.7 Å². The quantitative estimate of drug-likeness (QED) is 0.858. The maximum atomic E-state index is 13.3. The van der Waals surface area contributed by atoms with Crippen LogP contribution in [-0.2, 0) is 0 Å². The van der Waals surface area contributed by atoms with Gasteiger partial charge in [0.05, 0.1) is 5.69 Å². The van der Waals surface area contributed by atoms with Crippen LogP contribution in [0.3, 0.4) is 0 Å². The Morgan fingerprint density at radius 1 is 1.24 bits per heavy atom. The second-order valence-corrected chi connectivity index (χ2v) is 4.30. The number of benzene rings is 1. The van der Waals surface area contributed by atoms with Crippen molar-refractivity contribution in [2.75, 3.05) is 6.54 Å². The lowest BCUT2D eigenvalue weighted by atomic mass is 9.94. The first kappa shape index (κ1) is 10.4. The summed E-state index contributed by atoms with van der Waals surface area (Å²) >= 11 is 0. The van der Waals surface area contributed by atoms with Gasteiger partial charge < -0.3 is 5.73 Å². The van der Waals surface area contributed by atoms with Gasteiger partial charge in [-0.1, -0.05) is 6.07 Å². The van der Waals surface area contributed by atoms with Crippen LogP contribution < -0.4 is 5.73 Å². The van der Waals surface area contributed by atoms with Crippen LogP contribution in [0.25, 0.3) is 11.3 Å². The first-order valence-corrected chi connectivity index (χ1v) is 5.76. The SMILES string of the molecule is NCCC1c2cc(F)ccc2-c2ncccc21. The van der Waals surface area contributed by atoms with Crippen molar-refractivity contribution in [1.29, 1.82) is 0 Å². The van der Waals surface area contributed by atoms with Crippen molar-refractivity contribution in [3.8, 4) is 11.3 Å². The minimum Gasteiger partial charge on any atom is -0.330 e. The molecule has 3 heteroatoms. The van der Waals surface area contributed by atoms with E-state index in [0.29, 0.717) is 6.54 Å². The average molecular weight is 228 g/mol. The van der Waals surface area contributed by atoms with Gasteiger partial charge in [-0.2, -0.15) is 0 Å². The summed E-state index contributed by atoms with van der Waals surface area (Å²) in [4.78, 5) is 4.40. The Balaban J connectivity index is 2.22. The number of nitrogens with zero attached hydrogens (tertiary/aromatic N) is 1. The van der Waals surface area contributed by atoms with Gasteiger partial charge in [-0.25, -0.2) is 4.39 Å². The van der Waals surface area contributed by atoms with Gasteiger partial charge in [-0.05, 0) is 48.4 Å². The van der Waals surface area contributed by atoms with Gasteiger partial charge in [-0.3, -0.25) is 4.98 Å². The molecule has 0 spiro atoms. The Bertz CT molecular complexity index is 566. The molecule has 1 aromatic heterocycles. The fourth-order valence-corrected chi connectivity index (χ4v) is 2.61. The fourth-order valence-electron chi connectivity index (χ4n) is 2.61. The smallest absolute Gasteiger partial charge is 0.123 e. The van der Waals surface area contributed by atoms with Crippen LogP contribution in [0.4, 0.5) is 4.39 Å². The average Bonchev–Trinajstić information content (AvgIpc) is 2.65. The van der Waals surface area contributed by atoms with Crippen LogP contribution in [0, 0.1) is 5.82 Å². The maximum Gasteiger partial charge on any atom is 0.123 e. The lowest BCUT2D eigenvalue weighted by Crippen LogP contribution is -2.06. The maximum absolute atomic E-state index is 13.3. The zero-order valence-electron chi connectivity index (χ0n) is 9.36. The van der Waals surface area contributed by atoms with Crippen molar-refractivity contribution >= 4 is 0 Å². The number of aromatic nitrogens is 1. The third-order valence-electron chi connectivity index (χ3n) is 3.31. The van der Waals surface area contributed by atoms with Crippen LogP contribution in [0.2, 0.25) is 0 Å². The zero-order valence-corrected chi connectivity index (χ0v) is 9.36. The summed E-state index contributed by atoms with van der Waals surface area (Å²) in [7, 11) is 0. The third-order valence-corrected chi connectivity index (χ3v) is 3.31. The molecule has 1 aromatic carbocycles. The predicted molar refractivity (Wildman–Crippen MR) is 65.1 cm³/mol. The molecule has 1 unspecified atom stereocenters. The summed E-state index contributed by atoms with van der Waals surface area (Å²) in [6.07, 6.45) is 2.60. The summed E-state index contributed by atoms with van der Waals surface area (Å²) < 4.78 is 13.3. The molecule has 0 amide bonds. The summed E-state index contributed by atoms with van der Waals surface area (Å²) in [5, 5.41) is 0. The predicted octanol–water partition coefficient (Wildman–Crippen LogP) is 2.68. The first-order chi connectivity index (χ1) is 8.31. The second-order valence-electron chi connectivity index (χ2n) is 4.30. The van der Waals surface area contributed by atoms with E-state index >= 15 is 0 Å². The van der Waals surface area contributed by atoms with Gasteiger partial charge in [0.2, 0.25) is 0 Å². The lowest BCUT2D eigenvalue weighted by molar-refractivity contribution is 0.622. The van der Waals surface area contributed by atoms with E-state index in [-0.39, 0.29) is 11.7 Å². The molecule has 17 heavy (non-hydrogen) atoms. The van der Waals surface area contributed by atoms with E-state index in [1.807, 2.05) is 12.1 Å². The molecule has 0 bridgehead atoms. The van der Waals surface area contributed by atoms with E-state index in [1.54, 1.807) is 12.3 Å². The number of halogens is 1. The van der Waals surface area contributed by atoms with Crippen molar-refractivity contribution in [1.82, 2.24) is 4.98 Å². The van der Waals surface area contributed by atoms with E-state index in [0.717, 1.165) is 23.2 Å². The van der Waals surface area contributed by atoms with Gasteiger partial charge in [0.15, 0.2) is 0 Å². The molecule has 86 valence electrons. The highest BCUT2D eigenvalue weighted by Crippen LogP contribution is 2.44. The minimum atomic E-state index is -0.196. The summed E-state index contributed by atoms with van der Waals surface area (Å²) in [6.45, 7) is 0.592. The standard InChI is InChI=1S/C14H13FN2/c15-9-3-4-12-13(8-9)10(5-6-16)11-2-1-7-17-14(11)12/h1-4,7-8,10H,5-6,16H2. The highest BCUT2D eigenvalue weighted by molar-refractivity contribution is 5.75. The van der Waals surface area contributed by atoms with Crippen LogP contribution in [-0.4, -0.2) is 11.5 Å². The number of fused-ring (bicyclic) bond motifs is 3. The van der Waals surface area contributed by atoms with Crippen LogP contribution >= 0.6 is 0 Å². The van der Waals surface area contributed by atoms with Crippen molar-refractivity contribution < 1.29 is 4.39 Å². The molecule has 0 aliphatic heterocycles. The molecule has 0 radical (unpaired) electrons. The normalized spacial score (nSPS) is 16.7. The Hall–Kier alpha value is -1.74. The zero-order chi connectivity index (χ0) is 11.8. The Morgan fingerprint density at radius 2 is 2.12 bits per heavy atom. The van der Waals surface area contributed by atoms with Crippen molar-refractivity contribution in [2.24, 2.45) is 5.73 Å². The van der Waals surface area contributed by atoms with Gasteiger partial charge in [-0.15, -0.1) is 0 Å². The van der Waals surface area contributed by atoms with Crippen molar-refractivity contribution in [3.63, 3.8) is 0 Å². The van der Waals surface area contributed by atoms with Gasteiger partial charge in [0.1, 0.15) is 5.82 Å². The fraction of sp³-hybridized carbons (Fsp3) is 0.214. The van der Waals surface area contributed by atoms with Crippen LogP contribution in [0.15, 0.2) is 36.5 Å². The van der Waals surface area contributed by atoms with E-state index in [4.69, 9.17) is 5.73 Å². The number of hydrogen-bond donors (Lipinski definition) is 1. The molecule has 3 rings (SSSR count). The molecule has 2 N–H and O–H groups in total. The third kappa shape index (κ3) is 1.54. The molecular weight excluding hydrogens is 215 g/mol. The number of pyridine rings is 1. The van der Waals surface area contributed by atoms with Crippen LogP contribution in [0.5, 0.6) is 0 Å². The van der Waals surface area contributed by atoms with Crippen LogP contribution in [0.1, 0.15) is 23.5 Å². The molecule has 0 saturated carbocycles. The second kappa shape index (κ2) is 3.93. The molecule has 2 nitrogen and oxygen atoms in total. The van der Waals surface area contributed by atoms with Gasteiger partial charge in [0.25, 0.3) is 0 Å². The molecule has 0 saturated heterocycles. The summed E-state index contributed by atoms with van der Waals surface area (Å²) in [5.41, 5.74) is 9.84. The molecule has 2 aromatic rings. The van der Waals surface area contributed by atoms with E-state index in [9.17, 15) is 4.39 Å². The Labute approximate surface area is 99.3 Å². The van der Waals surface area contributed by atoms with Gasteiger partial charge >= 0.3 is 0 Å². The largest absolute Gasteiger partial charge is 0.330 e. The van der Waals surface area contributed by atoms with Crippen molar-refractivity contribution in [3.05, 3.63) is 53.5 Å². The van der Waals surface area contributed by atoms with E-state index in [1.165, 1.54) is 11.6 Å². The minimum absolute atomic E-state index is 0.189. The number of rotatable bonds is 2. The Kier molecular flexibility index (Phi) is 2.41. The summed E-state index contributed by atoms with van der Waals surface area (Å²) in [5.74, 6) is -0.00650. The summed E-state index contributed by atoms with van der Waals surface area (Å²) in [6, 6.07) is 8.89. The van der Waals surface area contributed by atoms with E-state index < -0.39 is 0 Å². The van der Waals surface area contributed by atoms with Crippen molar-refractivity contribution in [2.45, 2.75) is 12.3 Å². The molecule has 1 aliphatic carbocycles. The highest BCUT2D eigenvalue weighted by atomic mass is 19.1. The topological polar surface area (TPSA) is 38.9 Å².